The predicted molar refractivity (Wildman–Crippen MR) is 134 cm³/mol. The number of aromatic nitrogens is 3. The molecule has 2 aromatic carbocycles. The summed E-state index contributed by atoms with van der Waals surface area (Å²) in [7, 11) is 1.54. The van der Waals surface area contributed by atoms with E-state index in [4.69, 9.17) is 4.74 Å². The van der Waals surface area contributed by atoms with E-state index in [1.54, 1.807) is 58.9 Å². The molecule has 10 heteroatoms. The summed E-state index contributed by atoms with van der Waals surface area (Å²) in [5, 5.41) is 4.85. The Hall–Kier alpha value is -3.21. The number of anilines is 1. The summed E-state index contributed by atoms with van der Waals surface area (Å²) in [6.07, 6.45) is 0. The van der Waals surface area contributed by atoms with Crippen LogP contribution in [0.25, 0.3) is 15.2 Å². The molecule has 33 heavy (non-hydrogen) atoms. The number of hydrogen-bond acceptors (Lipinski definition) is 8. The minimum Gasteiger partial charge on any atom is -0.496 e. The zero-order valence-corrected chi connectivity index (χ0v) is 20.1. The lowest BCUT2D eigenvalue weighted by molar-refractivity contribution is 0.102. The summed E-state index contributed by atoms with van der Waals surface area (Å²) in [6, 6.07) is 14.3. The molecule has 0 aliphatic heterocycles. The maximum atomic E-state index is 12.7. The van der Waals surface area contributed by atoms with Gasteiger partial charge in [0.25, 0.3) is 11.5 Å². The monoisotopic (exact) mass is 494 g/mol. The Labute approximate surface area is 201 Å². The number of nitrogens with zero attached hydrogens (tertiary/aromatic N) is 3. The quantitative estimate of drug-likeness (QED) is 0.326. The first-order chi connectivity index (χ1) is 16.0. The van der Waals surface area contributed by atoms with Crippen LogP contribution < -0.4 is 15.6 Å². The fraction of sp³-hybridized carbons (Fsp3) is 0.130. The van der Waals surface area contributed by atoms with Crippen molar-refractivity contribution in [1.29, 1.82) is 0 Å². The number of carbonyl (C=O) groups is 1. The van der Waals surface area contributed by atoms with Crippen molar-refractivity contribution in [3.05, 3.63) is 81.2 Å². The smallest absolute Gasteiger partial charge is 0.259 e. The Bertz CT molecular complexity index is 1550. The fourth-order valence-corrected chi connectivity index (χ4v) is 6.28. The van der Waals surface area contributed by atoms with Crippen molar-refractivity contribution in [3.8, 4) is 5.75 Å². The molecule has 1 N–H and O–H groups in total. The van der Waals surface area contributed by atoms with E-state index in [1.165, 1.54) is 11.3 Å². The van der Waals surface area contributed by atoms with Crippen molar-refractivity contribution in [2.45, 2.75) is 17.0 Å². The molecule has 7 nitrogen and oxygen atoms in total. The van der Waals surface area contributed by atoms with Crippen molar-refractivity contribution in [2.75, 3.05) is 12.4 Å². The third kappa shape index (κ3) is 4.37. The number of methoxy groups -OCH3 is 1. The highest BCUT2D eigenvalue weighted by Gasteiger charge is 2.13. The van der Waals surface area contributed by atoms with Gasteiger partial charge in [0.05, 0.1) is 28.6 Å². The van der Waals surface area contributed by atoms with E-state index in [0.717, 1.165) is 25.9 Å². The summed E-state index contributed by atoms with van der Waals surface area (Å²) >= 11 is 4.54. The second-order valence-electron chi connectivity index (χ2n) is 7.19. The number of carbonyl (C=O) groups excluding carboxylic acids is 1. The van der Waals surface area contributed by atoms with Crippen LogP contribution in [-0.4, -0.2) is 27.4 Å². The number of thioether (sulfide) groups is 1. The first-order valence-electron chi connectivity index (χ1n) is 9.96. The summed E-state index contributed by atoms with van der Waals surface area (Å²) < 4.78 is 8.74. The molecule has 0 aliphatic carbocycles. The molecule has 0 aliphatic rings. The number of hydrogen-bond donors (Lipinski definition) is 1. The average Bonchev–Trinajstić information content (AvgIpc) is 3.40. The number of aryl methyl sites for hydroxylation is 1. The molecule has 3 heterocycles. The van der Waals surface area contributed by atoms with Gasteiger partial charge in [-0.2, -0.15) is 0 Å². The Morgan fingerprint density at radius 1 is 1.18 bits per heavy atom. The van der Waals surface area contributed by atoms with Crippen molar-refractivity contribution in [3.63, 3.8) is 0 Å². The number of amides is 1. The SMILES string of the molecule is COc1ccccc1C(=O)Nc1ccc2nc(SCc3cc(=O)n4c(C)csc4n3)sc2c1. The summed E-state index contributed by atoms with van der Waals surface area (Å²) in [5.74, 6) is 0.846. The maximum Gasteiger partial charge on any atom is 0.259 e. The number of thiazole rings is 2. The van der Waals surface area contributed by atoms with Crippen molar-refractivity contribution >= 4 is 61.2 Å². The molecule has 0 radical (unpaired) electrons. The lowest BCUT2D eigenvalue weighted by Crippen LogP contribution is -2.14. The van der Waals surface area contributed by atoms with E-state index in [1.807, 2.05) is 36.6 Å². The second-order valence-corrected chi connectivity index (χ2v) is 10.3. The number of nitrogens with one attached hydrogen (secondary N) is 1. The van der Waals surface area contributed by atoms with Crippen LogP contribution in [0.1, 0.15) is 21.7 Å². The number of rotatable bonds is 6. The van der Waals surface area contributed by atoms with Gasteiger partial charge in [-0.25, -0.2) is 9.97 Å². The zero-order chi connectivity index (χ0) is 22.9. The summed E-state index contributed by atoms with van der Waals surface area (Å²) in [5.41, 5.74) is 3.58. The molecule has 5 aromatic rings. The maximum absolute atomic E-state index is 12.7. The normalized spacial score (nSPS) is 11.2. The topological polar surface area (TPSA) is 85.6 Å². The van der Waals surface area contributed by atoms with Gasteiger partial charge in [-0.3, -0.25) is 14.0 Å². The van der Waals surface area contributed by atoms with Crippen LogP contribution in [0.2, 0.25) is 0 Å². The molecule has 0 spiro atoms. The lowest BCUT2D eigenvalue weighted by atomic mass is 10.2. The Kier molecular flexibility index (Phi) is 5.88. The van der Waals surface area contributed by atoms with Gasteiger partial charge in [-0.05, 0) is 37.3 Å². The molecular weight excluding hydrogens is 476 g/mol. The summed E-state index contributed by atoms with van der Waals surface area (Å²) in [6.45, 7) is 1.90. The Morgan fingerprint density at radius 3 is 2.88 bits per heavy atom. The Balaban J connectivity index is 1.32. The van der Waals surface area contributed by atoms with Gasteiger partial charge in [-0.15, -0.1) is 22.7 Å². The standard InChI is InChI=1S/C23H18N4O3S3/c1-13-11-31-22-25-15(10-20(28)27(13)22)12-32-23-26-17-8-7-14(9-19(17)33-23)24-21(29)16-5-3-4-6-18(16)30-2/h3-11H,12H2,1-2H3,(H,24,29). The third-order valence-electron chi connectivity index (χ3n) is 4.95. The van der Waals surface area contributed by atoms with Crippen LogP contribution >= 0.6 is 34.4 Å². The van der Waals surface area contributed by atoms with Gasteiger partial charge in [0.1, 0.15) is 5.75 Å². The van der Waals surface area contributed by atoms with Gasteiger partial charge >= 0.3 is 0 Å². The minimum atomic E-state index is -0.234. The predicted octanol–water partition coefficient (Wildman–Crippen LogP) is 5.23. The van der Waals surface area contributed by atoms with E-state index < -0.39 is 0 Å². The van der Waals surface area contributed by atoms with Crippen LogP contribution in [0, 0.1) is 6.92 Å². The van der Waals surface area contributed by atoms with E-state index in [0.29, 0.717) is 27.7 Å². The van der Waals surface area contributed by atoms with Gasteiger partial charge in [0, 0.05) is 28.6 Å². The molecule has 0 atom stereocenters. The molecule has 0 bridgehead atoms. The highest BCUT2D eigenvalue weighted by Crippen LogP contribution is 2.33. The molecule has 0 saturated carbocycles. The first kappa shape index (κ1) is 21.6. The number of benzene rings is 2. The molecule has 3 aromatic heterocycles. The molecule has 0 unspecified atom stereocenters. The van der Waals surface area contributed by atoms with Crippen LogP contribution in [0.4, 0.5) is 5.69 Å². The average molecular weight is 495 g/mol. The molecule has 5 rings (SSSR count). The van der Waals surface area contributed by atoms with Crippen LogP contribution in [0.5, 0.6) is 5.75 Å². The highest BCUT2D eigenvalue weighted by atomic mass is 32.2. The summed E-state index contributed by atoms with van der Waals surface area (Å²) in [4.78, 5) is 35.0. The first-order valence-corrected chi connectivity index (χ1v) is 12.6. The minimum absolute atomic E-state index is 0.0610. The van der Waals surface area contributed by atoms with E-state index in [-0.39, 0.29) is 11.5 Å². The van der Waals surface area contributed by atoms with Crippen LogP contribution in [0.15, 0.2) is 63.0 Å². The largest absolute Gasteiger partial charge is 0.496 e. The molecule has 1 amide bonds. The molecule has 166 valence electrons. The number of fused-ring (bicyclic) bond motifs is 2. The van der Waals surface area contributed by atoms with Crippen LogP contribution in [-0.2, 0) is 5.75 Å². The van der Waals surface area contributed by atoms with Crippen molar-refractivity contribution in [2.24, 2.45) is 0 Å². The third-order valence-corrected chi connectivity index (χ3v) is 8.09. The van der Waals surface area contributed by atoms with Crippen LogP contribution in [0.3, 0.4) is 0 Å². The van der Waals surface area contributed by atoms with Gasteiger partial charge in [0.2, 0.25) is 0 Å². The van der Waals surface area contributed by atoms with E-state index in [2.05, 4.69) is 15.3 Å². The molecule has 0 saturated heterocycles. The number of ether oxygens (including phenoxy) is 1. The molecular formula is C23H18N4O3S3. The second kappa shape index (κ2) is 8.97. The van der Waals surface area contributed by atoms with Gasteiger partial charge in [-0.1, -0.05) is 23.9 Å². The van der Waals surface area contributed by atoms with Crippen molar-refractivity contribution in [1.82, 2.24) is 14.4 Å². The van der Waals surface area contributed by atoms with E-state index >= 15 is 0 Å². The van der Waals surface area contributed by atoms with E-state index in [9.17, 15) is 9.59 Å². The number of para-hydroxylation sites is 1. The van der Waals surface area contributed by atoms with Gasteiger partial charge in [0.15, 0.2) is 9.30 Å². The Morgan fingerprint density at radius 2 is 2.03 bits per heavy atom. The van der Waals surface area contributed by atoms with Crippen molar-refractivity contribution < 1.29 is 9.53 Å². The zero-order valence-electron chi connectivity index (χ0n) is 17.7. The van der Waals surface area contributed by atoms with Gasteiger partial charge < -0.3 is 10.1 Å². The highest BCUT2D eigenvalue weighted by molar-refractivity contribution is 8.00. The fourth-order valence-electron chi connectivity index (χ4n) is 3.38. The molecule has 0 fully saturated rings. The lowest BCUT2D eigenvalue weighted by Gasteiger charge is -2.09.